The fraction of sp³-hybridized carbons (Fsp3) is 0.727. The molecule has 0 aromatic heterocycles. The molecule has 0 bridgehead atoms. The summed E-state index contributed by atoms with van der Waals surface area (Å²) in [5.74, 6) is -0.531. The van der Waals surface area contributed by atoms with Crippen LogP contribution in [0.25, 0.3) is 0 Å². The highest BCUT2D eigenvalue weighted by Crippen LogP contribution is 2.29. The largest absolute Gasteiger partial charge is 0.409 e. The van der Waals surface area contributed by atoms with Crippen LogP contribution in [-0.2, 0) is 9.59 Å². The molecule has 1 fully saturated rings. The Morgan fingerprint density at radius 2 is 2.17 bits per heavy atom. The highest BCUT2D eigenvalue weighted by atomic mass is 16.4. The highest BCUT2D eigenvalue weighted by molar-refractivity contribution is 6.07. The van der Waals surface area contributed by atoms with Crippen LogP contribution in [0.15, 0.2) is 5.16 Å². The van der Waals surface area contributed by atoms with E-state index in [1.807, 2.05) is 13.8 Å². The topological polar surface area (TPSA) is 108 Å². The van der Waals surface area contributed by atoms with Crippen molar-refractivity contribution in [3.8, 4) is 0 Å². The molecule has 0 saturated carbocycles. The van der Waals surface area contributed by atoms with Crippen LogP contribution in [0, 0.1) is 5.41 Å². The summed E-state index contributed by atoms with van der Waals surface area (Å²) in [6.07, 6.45) is 0.854. The molecule has 102 valence electrons. The smallest absolute Gasteiger partial charge is 0.239 e. The molecule has 1 aliphatic heterocycles. The number of oxime groups is 1. The Morgan fingerprint density at radius 3 is 2.61 bits per heavy atom. The Balaban J connectivity index is 2.99. The van der Waals surface area contributed by atoms with Crippen molar-refractivity contribution >= 4 is 17.6 Å². The Morgan fingerprint density at radius 1 is 1.56 bits per heavy atom. The number of hydrogen-bond donors (Lipinski definition) is 3. The molecule has 4 N–H and O–H groups in total. The Labute approximate surface area is 106 Å². The second-order valence-corrected chi connectivity index (χ2v) is 4.35. The van der Waals surface area contributed by atoms with Gasteiger partial charge in [-0.3, -0.25) is 9.59 Å². The number of carbonyl (C=O) groups is 2. The number of nitrogens with one attached hydrogen (secondary N) is 1. The standard InChI is InChI=1S/C11H20N4O3/c1-3-11(4-2,9(12)14-18)10(17)15-6-5-13-8(16)7-15/h18H,3-7H2,1-2H3,(H2,12,14)(H,13,16). The number of nitrogens with zero attached hydrogens (tertiary/aromatic N) is 2. The molecule has 0 aromatic carbocycles. The van der Waals surface area contributed by atoms with Crippen LogP contribution in [0.1, 0.15) is 26.7 Å². The molecule has 0 aliphatic carbocycles. The van der Waals surface area contributed by atoms with E-state index in [4.69, 9.17) is 10.9 Å². The van der Waals surface area contributed by atoms with E-state index in [1.165, 1.54) is 4.90 Å². The van der Waals surface area contributed by atoms with Gasteiger partial charge in [-0.2, -0.15) is 0 Å². The zero-order valence-corrected chi connectivity index (χ0v) is 10.8. The van der Waals surface area contributed by atoms with Gasteiger partial charge in [-0.15, -0.1) is 0 Å². The van der Waals surface area contributed by atoms with Gasteiger partial charge in [0.15, 0.2) is 5.84 Å². The van der Waals surface area contributed by atoms with E-state index >= 15 is 0 Å². The first-order chi connectivity index (χ1) is 8.51. The number of amidine groups is 1. The summed E-state index contributed by atoms with van der Waals surface area (Å²) < 4.78 is 0. The summed E-state index contributed by atoms with van der Waals surface area (Å²) in [5.41, 5.74) is 4.65. The van der Waals surface area contributed by atoms with Crippen molar-refractivity contribution in [2.45, 2.75) is 26.7 Å². The molecule has 0 radical (unpaired) electrons. The van der Waals surface area contributed by atoms with Gasteiger partial charge in [0, 0.05) is 13.1 Å². The number of nitrogens with two attached hydrogens (primary N) is 1. The summed E-state index contributed by atoms with van der Waals surface area (Å²) in [6.45, 7) is 4.53. The Kier molecular flexibility index (Phi) is 4.52. The quantitative estimate of drug-likeness (QED) is 0.272. The monoisotopic (exact) mass is 256 g/mol. The van der Waals surface area contributed by atoms with Crippen LogP contribution < -0.4 is 11.1 Å². The van der Waals surface area contributed by atoms with E-state index in [0.29, 0.717) is 25.9 Å². The molecule has 7 heteroatoms. The maximum absolute atomic E-state index is 12.5. The maximum Gasteiger partial charge on any atom is 0.239 e. The lowest BCUT2D eigenvalue weighted by Crippen LogP contribution is -2.57. The van der Waals surface area contributed by atoms with Gasteiger partial charge >= 0.3 is 0 Å². The van der Waals surface area contributed by atoms with Gasteiger partial charge < -0.3 is 21.2 Å². The Bertz CT molecular complexity index is 363. The van der Waals surface area contributed by atoms with Crippen LogP contribution in [0.2, 0.25) is 0 Å². The molecule has 1 heterocycles. The molecule has 0 unspecified atom stereocenters. The molecule has 18 heavy (non-hydrogen) atoms. The summed E-state index contributed by atoms with van der Waals surface area (Å²) in [5, 5.41) is 14.5. The fourth-order valence-electron chi connectivity index (χ4n) is 2.23. The van der Waals surface area contributed by atoms with Crippen LogP contribution >= 0.6 is 0 Å². The van der Waals surface area contributed by atoms with Crippen molar-refractivity contribution in [2.24, 2.45) is 16.3 Å². The molecular weight excluding hydrogens is 236 g/mol. The van der Waals surface area contributed by atoms with Crippen LogP contribution in [-0.4, -0.2) is 47.4 Å². The van der Waals surface area contributed by atoms with Crippen LogP contribution in [0.4, 0.5) is 0 Å². The lowest BCUT2D eigenvalue weighted by molar-refractivity contribution is -0.144. The zero-order chi connectivity index (χ0) is 13.8. The third-order valence-electron chi connectivity index (χ3n) is 3.54. The van der Waals surface area contributed by atoms with Gasteiger partial charge in [0.05, 0.1) is 6.54 Å². The lowest BCUT2D eigenvalue weighted by Gasteiger charge is -2.36. The van der Waals surface area contributed by atoms with Crippen molar-refractivity contribution in [3.05, 3.63) is 0 Å². The Hall–Kier alpha value is -1.79. The van der Waals surface area contributed by atoms with Gasteiger partial charge in [0.25, 0.3) is 0 Å². The highest BCUT2D eigenvalue weighted by Gasteiger charge is 2.43. The normalized spacial score (nSPS) is 17.6. The molecule has 0 spiro atoms. The second-order valence-electron chi connectivity index (χ2n) is 4.35. The van der Waals surface area contributed by atoms with Gasteiger partial charge in [-0.1, -0.05) is 19.0 Å². The summed E-state index contributed by atoms with van der Waals surface area (Å²) in [6, 6.07) is 0. The van der Waals surface area contributed by atoms with Crippen LogP contribution in [0.3, 0.4) is 0 Å². The predicted octanol–water partition coefficient (Wildman–Crippen LogP) is -0.502. The van der Waals surface area contributed by atoms with Gasteiger partial charge in [0.2, 0.25) is 11.8 Å². The number of hydrogen-bond acceptors (Lipinski definition) is 4. The first-order valence-corrected chi connectivity index (χ1v) is 6.06. The van der Waals surface area contributed by atoms with Crippen molar-refractivity contribution in [1.29, 1.82) is 0 Å². The minimum absolute atomic E-state index is 0.0271. The molecule has 7 nitrogen and oxygen atoms in total. The second kappa shape index (κ2) is 5.70. The van der Waals surface area contributed by atoms with Crippen molar-refractivity contribution in [2.75, 3.05) is 19.6 Å². The average Bonchev–Trinajstić information content (AvgIpc) is 2.40. The van der Waals surface area contributed by atoms with Crippen molar-refractivity contribution in [3.63, 3.8) is 0 Å². The minimum Gasteiger partial charge on any atom is -0.409 e. The molecule has 1 saturated heterocycles. The van der Waals surface area contributed by atoms with Gasteiger partial charge in [-0.25, -0.2) is 0 Å². The molecular formula is C11H20N4O3. The van der Waals surface area contributed by atoms with Crippen molar-refractivity contribution < 1.29 is 14.8 Å². The lowest BCUT2D eigenvalue weighted by atomic mass is 9.79. The molecule has 0 aromatic rings. The number of rotatable bonds is 4. The zero-order valence-electron chi connectivity index (χ0n) is 10.8. The summed E-state index contributed by atoms with van der Waals surface area (Å²) in [7, 11) is 0. The average molecular weight is 256 g/mol. The van der Waals surface area contributed by atoms with E-state index in [9.17, 15) is 9.59 Å². The molecule has 2 amide bonds. The predicted molar refractivity (Wildman–Crippen MR) is 66.0 cm³/mol. The summed E-state index contributed by atoms with van der Waals surface area (Å²) in [4.78, 5) is 25.3. The van der Waals surface area contributed by atoms with E-state index in [0.717, 1.165) is 0 Å². The molecule has 1 rings (SSSR count). The van der Waals surface area contributed by atoms with E-state index < -0.39 is 5.41 Å². The van der Waals surface area contributed by atoms with Crippen LogP contribution in [0.5, 0.6) is 0 Å². The van der Waals surface area contributed by atoms with Gasteiger partial charge in [0.1, 0.15) is 5.41 Å². The first kappa shape index (κ1) is 14.3. The third kappa shape index (κ3) is 2.39. The van der Waals surface area contributed by atoms with Crippen molar-refractivity contribution in [1.82, 2.24) is 10.2 Å². The summed E-state index contributed by atoms with van der Waals surface area (Å²) >= 11 is 0. The minimum atomic E-state index is -1.02. The molecule has 0 atom stereocenters. The third-order valence-corrected chi connectivity index (χ3v) is 3.54. The number of carbonyl (C=O) groups excluding carboxylic acids is 2. The number of amides is 2. The number of piperazine rings is 1. The SMILES string of the molecule is CCC(CC)(C(=O)N1CCNC(=O)C1)C(N)=NO. The first-order valence-electron chi connectivity index (χ1n) is 6.06. The van der Waals surface area contributed by atoms with E-state index in [1.54, 1.807) is 0 Å². The maximum atomic E-state index is 12.5. The molecule has 1 aliphatic rings. The van der Waals surface area contributed by atoms with E-state index in [2.05, 4.69) is 10.5 Å². The van der Waals surface area contributed by atoms with E-state index in [-0.39, 0.29) is 24.2 Å². The fourth-order valence-corrected chi connectivity index (χ4v) is 2.23. The van der Waals surface area contributed by atoms with Gasteiger partial charge in [-0.05, 0) is 12.8 Å².